The Morgan fingerprint density at radius 2 is 2.13 bits per heavy atom. The molecule has 2 N–H and O–H groups in total. The van der Waals surface area contributed by atoms with Crippen molar-refractivity contribution >= 4 is 35.2 Å². The quantitative estimate of drug-likeness (QED) is 0.413. The Morgan fingerprint density at radius 3 is 2.83 bits per heavy atom. The van der Waals surface area contributed by atoms with E-state index in [1.165, 1.54) is 4.90 Å². The summed E-state index contributed by atoms with van der Waals surface area (Å²) >= 11 is 6.08. The first kappa shape index (κ1) is 21.5. The molecule has 2 aliphatic rings. The largest absolute Gasteiger partial charge is 0.348 e. The fraction of sp³-hybridized carbons (Fsp3) is 0.273. The van der Waals surface area contributed by atoms with Gasteiger partial charge in [0.1, 0.15) is 6.04 Å². The van der Waals surface area contributed by atoms with Crippen LogP contribution in [0.5, 0.6) is 0 Å². The summed E-state index contributed by atoms with van der Waals surface area (Å²) in [6.07, 6.45) is 5.33. The van der Waals surface area contributed by atoms with E-state index < -0.39 is 11.9 Å². The van der Waals surface area contributed by atoms with Crippen molar-refractivity contribution in [1.29, 1.82) is 0 Å². The number of benzene rings is 1. The van der Waals surface area contributed by atoms with Gasteiger partial charge in [-0.25, -0.2) is 0 Å². The van der Waals surface area contributed by atoms with E-state index in [1.54, 1.807) is 37.3 Å². The number of piperidine rings is 1. The minimum atomic E-state index is -0.649. The number of hydrogen-bond acceptors (Lipinski definition) is 4. The van der Waals surface area contributed by atoms with E-state index in [9.17, 15) is 19.2 Å². The molecule has 1 aromatic rings. The molecule has 4 amide bonds. The van der Waals surface area contributed by atoms with E-state index >= 15 is 0 Å². The Labute approximate surface area is 179 Å². The summed E-state index contributed by atoms with van der Waals surface area (Å²) in [5.74, 6) is -1.28. The van der Waals surface area contributed by atoms with Gasteiger partial charge in [-0.3, -0.25) is 24.5 Å². The molecule has 8 heteroatoms. The van der Waals surface area contributed by atoms with Gasteiger partial charge in [0.25, 0.3) is 5.91 Å². The summed E-state index contributed by atoms with van der Waals surface area (Å²) in [5, 5.41) is 5.42. The van der Waals surface area contributed by atoms with Gasteiger partial charge in [0, 0.05) is 35.7 Å². The van der Waals surface area contributed by atoms with Crippen LogP contribution in [0.3, 0.4) is 0 Å². The van der Waals surface area contributed by atoms with Crippen molar-refractivity contribution in [2.45, 2.75) is 38.9 Å². The van der Waals surface area contributed by atoms with Crippen molar-refractivity contribution in [3.63, 3.8) is 0 Å². The summed E-state index contributed by atoms with van der Waals surface area (Å²) in [5.41, 5.74) is 2.53. The van der Waals surface area contributed by atoms with Crippen LogP contribution in [-0.2, 0) is 27.5 Å². The first-order valence-corrected chi connectivity index (χ1v) is 9.89. The second-order valence-corrected chi connectivity index (χ2v) is 7.55. The Kier molecular flexibility index (Phi) is 6.52. The second-order valence-electron chi connectivity index (χ2n) is 7.14. The average Bonchev–Trinajstić information content (AvgIpc) is 3.05. The van der Waals surface area contributed by atoms with Crippen molar-refractivity contribution in [2.24, 2.45) is 0 Å². The van der Waals surface area contributed by atoms with Crippen LogP contribution in [0, 0.1) is 0 Å². The van der Waals surface area contributed by atoms with E-state index in [0.717, 1.165) is 11.1 Å². The van der Waals surface area contributed by atoms with Gasteiger partial charge in [-0.15, -0.1) is 0 Å². The van der Waals surface area contributed by atoms with Gasteiger partial charge in [0.05, 0.1) is 0 Å². The molecule has 0 bridgehead atoms. The molecule has 1 atom stereocenters. The number of halogens is 1. The first-order valence-electron chi connectivity index (χ1n) is 9.52. The number of carbonyl (C=O) groups excluding carboxylic acids is 4. The van der Waals surface area contributed by atoms with Crippen molar-refractivity contribution < 1.29 is 19.2 Å². The molecular weight excluding hydrogens is 406 g/mol. The van der Waals surface area contributed by atoms with Gasteiger partial charge in [-0.1, -0.05) is 42.5 Å². The van der Waals surface area contributed by atoms with Gasteiger partial charge in [0.15, 0.2) is 0 Å². The van der Waals surface area contributed by atoms with Crippen LogP contribution in [0.15, 0.2) is 53.6 Å². The van der Waals surface area contributed by atoms with Crippen LogP contribution in [0.25, 0.3) is 0 Å². The Bertz CT molecular complexity index is 996. The molecule has 30 heavy (non-hydrogen) atoms. The molecular formula is C22H22ClN3O4. The number of amides is 4. The number of allylic oxidation sites excluding steroid dienone is 4. The lowest BCUT2D eigenvalue weighted by Crippen LogP contribution is -2.52. The summed E-state index contributed by atoms with van der Waals surface area (Å²) in [6, 6.07) is 4.67. The van der Waals surface area contributed by atoms with Crippen molar-refractivity contribution in [3.05, 3.63) is 70.3 Å². The lowest BCUT2D eigenvalue weighted by atomic mass is 10.0. The summed E-state index contributed by atoms with van der Waals surface area (Å²) in [7, 11) is 0. The van der Waals surface area contributed by atoms with Crippen LogP contribution < -0.4 is 10.6 Å². The topological polar surface area (TPSA) is 95.6 Å². The van der Waals surface area contributed by atoms with Crippen LogP contribution >= 0.6 is 11.6 Å². The minimum Gasteiger partial charge on any atom is -0.348 e. The SMILES string of the molecule is C=C/C=C\C(Cl)=C(/C)C(=O)NCc1ccc2c(c1)CN(C1CCC(=O)NC1=O)C2=O. The van der Waals surface area contributed by atoms with E-state index in [0.29, 0.717) is 29.1 Å². The molecule has 7 nitrogen and oxygen atoms in total. The first-order chi connectivity index (χ1) is 14.3. The third-order valence-electron chi connectivity index (χ3n) is 5.12. The number of carbonyl (C=O) groups is 4. The number of rotatable bonds is 6. The zero-order valence-corrected chi connectivity index (χ0v) is 17.3. The zero-order valence-electron chi connectivity index (χ0n) is 16.5. The van der Waals surface area contributed by atoms with E-state index in [1.807, 2.05) is 6.07 Å². The van der Waals surface area contributed by atoms with E-state index in [-0.39, 0.29) is 30.7 Å². The zero-order chi connectivity index (χ0) is 21.8. The number of imide groups is 1. The monoisotopic (exact) mass is 427 g/mol. The highest BCUT2D eigenvalue weighted by molar-refractivity contribution is 6.33. The van der Waals surface area contributed by atoms with Crippen LogP contribution in [0.1, 0.15) is 41.3 Å². The van der Waals surface area contributed by atoms with Gasteiger partial charge in [0.2, 0.25) is 17.7 Å². The minimum absolute atomic E-state index is 0.214. The van der Waals surface area contributed by atoms with Gasteiger partial charge >= 0.3 is 0 Å². The number of fused-ring (bicyclic) bond motifs is 1. The van der Waals surface area contributed by atoms with Crippen LogP contribution in [0.2, 0.25) is 0 Å². The predicted molar refractivity (Wildman–Crippen MR) is 112 cm³/mol. The number of hydrogen-bond donors (Lipinski definition) is 2. The Hall–Kier alpha value is -3.19. The standard InChI is InChI=1S/C22H22ClN3O4/c1-3-4-5-17(23)13(2)20(28)24-11-14-6-7-16-15(10-14)12-26(22(16)30)18-8-9-19(27)25-21(18)29/h3-7,10,18H,1,8-9,11-12H2,2H3,(H,24,28)(H,25,27,29)/b5-4-,17-13-. The van der Waals surface area contributed by atoms with Crippen LogP contribution in [0.4, 0.5) is 0 Å². The molecule has 0 aromatic heterocycles. The molecule has 1 aromatic carbocycles. The summed E-state index contributed by atoms with van der Waals surface area (Å²) in [6.45, 7) is 5.75. The highest BCUT2D eigenvalue weighted by Gasteiger charge is 2.39. The van der Waals surface area contributed by atoms with Crippen LogP contribution in [-0.4, -0.2) is 34.6 Å². The average molecular weight is 428 g/mol. The summed E-state index contributed by atoms with van der Waals surface area (Å²) in [4.78, 5) is 50.0. The molecule has 1 fully saturated rings. The third kappa shape index (κ3) is 4.52. The molecule has 156 valence electrons. The molecule has 1 saturated heterocycles. The lowest BCUT2D eigenvalue weighted by Gasteiger charge is -2.29. The Balaban J connectivity index is 1.67. The molecule has 1 unspecified atom stereocenters. The maximum atomic E-state index is 12.7. The molecule has 2 heterocycles. The van der Waals surface area contributed by atoms with E-state index in [4.69, 9.17) is 11.6 Å². The summed E-state index contributed by atoms with van der Waals surface area (Å²) < 4.78 is 0. The molecule has 0 spiro atoms. The maximum Gasteiger partial charge on any atom is 0.255 e. The predicted octanol–water partition coefficient (Wildman–Crippen LogP) is 2.32. The highest BCUT2D eigenvalue weighted by atomic mass is 35.5. The third-order valence-corrected chi connectivity index (χ3v) is 5.53. The Morgan fingerprint density at radius 1 is 1.37 bits per heavy atom. The second kappa shape index (κ2) is 9.09. The molecule has 0 saturated carbocycles. The van der Waals surface area contributed by atoms with Gasteiger partial charge in [-0.2, -0.15) is 0 Å². The lowest BCUT2D eigenvalue weighted by molar-refractivity contribution is -0.137. The van der Waals surface area contributed by atoms with Gasteiger partial charge in [-0.05, 0) is 36.6 Å². The number of nitrogens with zero attached hydrogens (tertiary/aromatic N) is 1. The molecule has 0 aliphatic carbocycles. The molecule has 2 aliphatic heterocycles. The normalized spacial score (nSPS) is 19.5. The maximum absolute atomic E-state index is 12.7. The van der Waals surface area contributed by atoms with E-state index in [2.05, 4.69) is 17.2 Å². The van der Waals surface area contributed by atoms with Gasteiger partial charge < -0.3 is 10.2 Å². The fourth-order valence-corrected chi connectivity index (χ4v) is 3.60. The highest BCUT2D eigenvalue weighted by Crippen LogP contribution is 2.28. The van der Waals surface area contributed by atoms with Crippen molar-refractivity contribution in [2.75, 3.05) is 0 Å². The molecule has 0 radical (unpaired) electrons. The molecule has 3 rings (SSSR count). The number of nitrogens with one attached hydrogen (secondary N) is 2. The smallest absolute Gasteiger partial charge is 0.255 e. The fourth-order valence-electron chi connectivity index (χ4n) is 3.44. The van der Waals surface area contributed by atoms with Crippen molar-refractivity contribution in [1.82, 2.24) is 15.5 Å². The van der Waals surface area contributed by atoms with Crippen molar-refractivity contribution in [3.8, 4) is 0 Å².